The normalized spacial score (nSPS) is 20.3. The van der Waals surface area contributed by atoms with E-state index in [1.54, 1.807) is 0 Å². The zero-order valence-electron chi connectivity index (χ0n) is 12.9. The number of hydrazine groups is 1. The topological polar surface area (TPSA) is 106 Å². The van der Waals surface area contributed by atoms with E-state index >= 15 is 0 Å². The molecular weight excluding hydrogens is 272 g/mol. The molecule has 0 heterocycles. The van der Waals surface area contributed by atoms with Crippen molar-refractivity contribution in [3.05, 3.63) is 0 Å². The summed E-state index contributed by atoms with van der Waals surface area (Å²) in [6, 6.07) is 0.122. The Balaban J connectivity index is 1.84. The first-order valence-corrected chi connectivity index (χ1v) is 7.63. The van der Waals surface area contributed by atoms with Crippen molar-refractivity contribution >= 4 is 12.1 Å². The fraction of sp³-hybridized carbons (Fsp3) is 0.846. The van der Waals surface area contributed by atoms with Crippen molar-refractivity contribution in [3.63, 3.8) is 0 Å². The monoisotopic (exact) mass is 300 g/mol. The third-order valence-corrected chi connectivity index (χ3v) is 3.28. The van der Waals surface area contributed by atoms with Crippen molar-refractivity contribution in [2.45, 2.75) is 39.2 Å². The highest BCUT2D eigenvalue weighted by Crippen LogP contribution is 2.25. The molecule has 1 rings (SSSR count). The summed E-state index contributed by atoms with van der Waals surface area (Å²) in [5, 5.41) is 10.7. The van der Waals surface area contributed by atoms with Gasteiger partial charge in [-0.05, 0) is 32.1 Å². The second kappa shape index (κ2) is 10.2. The van der Waals surface area contributed by atoms with Crippen molar-refractivity contribution in [1.82, 2.24) is 32.1 Å². The number of nitrogens with one attached hydrogen (secondary N) is 6. The molecule has 0 aromatic heterocycles. The van der Waals surface area contributed by atoms with Gasteiger partial charge in [-0.1, -0.05) is 6.92 Å². The molecule has 4 amide bonds. The predicted molar refractivity (Wildman–Crippen MR) is 81.6 cm³/mol. The van der Waals surface area contributed by atoms with Crippen LogP contribution in [0.4, 0.5) is 9.59 Å². The summed E-state index contributed by atoms with van der Waals surface area (Å²) in [5.74, 6) is 0.800. The van der Waals surface area contributed by atoms with Crippen LogP contribution in [0.25, 0.3) is 0 Å². The second-order valence-corrected chi connectivity index (χ2v) is 5.34. The second-order valence-electron chi connectivity index (χ2n) is 5.34. The van der Waals surface area contributed by atoms with Gasteiger partial charge in [-0.25, -0.2) is 15.0 Å². The predicted octanol–water partition coefficient (Wildman–Crippen LogP) is -0.155. The first kappa shape index (κ1) is 17.5. The van der Waals surface area contributed by atoms with E-state index < -0.39 is 0 Å². The minimum Gasteiger partial charge on any atom is -0.338 e. The Hall–Kier alpha value is -1.54. The molecule has 21 heavy (non-hydrogen) atoms. The first-order chi connectivity index (χ1) is 10.1. The SMILES string of the molecule is CCNC(=O)NCCCNC(=O)NCNNC1CC(C)C1. The van der Waals surface area contributed by atoms with Crippen molar-refractivity contribution in [2.24, 2.45) is 5.92 Å². The molecule has 0 spiro atoms. The van der Waals surface area contributed by atoms with Crippen LogP contribution in [-0.2, 0) is 0 Å². The Morgan fingerprint density at radius 3 is 2.19 bits per heavy atom. The molecule has 1 saturated carbocycles. The number of hydrogen-bond donors (Lipinski definition) is 6. The molecule has 8 nitrogen and oxygen atoms in total. The Bertz CT molecular complexity index is 320. The summed E-state index contributed by atoms with van der Waals surface area (Å²) in [6.45, 7) is 6.13. The van der Waals surface area contributed by atoms with Gasteiger partial charge in [0.1, 0.15) is 0 Å². The van der Waals surface area contributed by atoms with Crippen LogP contribution in [0.15, 0.2) is 0 Å². The smallest absolute Gasteiger partial charge is 0.315 e. The number of rotatable bonds is 9. The Morgan fingerprint density at radius 2 is 1.62 bits per heavy atom. The van der Waals surface area contributed by atoms with E-state index in [0.29, 0.717) is 38.8 Å². The largest absolute Gasteiger partial charge is 0.338 e. The van der Waals surface area contributed by atoms with Gasteiger partial charge in [-0.15, -0.1) is 0 Å². The van der Waals surface area contributed by atoms with Crippen LogP contribution in [0.3, 0.4) is 0 Å². The summed E-state index contributed by atoms with van der Waals surface area (Å²) < 4.78 is 0. The van der Waals surface area contributed by atoms with Crippen LogP contribution < -0.4 is 32.1 Å². The van der Waals surface area contributed by atoms with Gasteiger partial charge in [0.15, 0.2) is 0 Å². The molecule has 0 aliphatic heterocycles. The maximum Gasteiger partial charge on any atom is 0.315 e. The maximum atomic E-state index is 11.4. The molecule has 0 aromatic carbocycles. The van der Waals surface area contributed by atoms with E-state index in [1.165, 1.54) is 12.8 Å². The average Bonchev–Trinajstić information content (AvgIpc) is 2.41. The Labute approximate surface area is 126 Å². The van der Waals surface area contributed by atoms with Gasteiger partial charge in [-0.2, -0.15) is 0 Å². The minimum atomic E-state index is -0.218. The van der Waals surface area contributed by atoms with Crippen LogP contribution in [0.1, 0.15) is 33.1 Å². The van der Waals surface area contributed by atoms with Crippen molar-refractivity contribution < 1.29 is 9.59 Å². The summed E-state index contributed by atoms with van der Waals surface area (Å²) >= 11 is 0. The summed E-state index contributed by atoms with van der Waals surface area (Å²) in [7, 11) is 0. The van der Waals surface area contributed by atoms with E-state index in [2.05, 4.69) is 39.0 Å². The molecule has 1 fully saturated rings. The summed E-state index contributed by atoms with van der Waals surface area (Å²) in [5.41, 5.74) is 6.14. The average molecular weight is 300 g/mol. The quantitative estimate of drug-likeness (QED) is 0.202. The summed E-state index contributed by atoms with van der Waals surface area (Å²) in [6.07, 6.45) is 3.05. The number of carbonyl (C=O) groups excluding carboxylic acids is 2. The lowest BCUT2D eigenvalue weighted by molar-refractivity contribution is 0.213. The van der Waals surface area contributed by atoms with Crippen LogP contribution in [0.2, 0.25) is 0 Å². The molecule has 0 bridgehead atoms. The molecule has 1 aliphatic rings. The van der Waals surface area contributed by atoms with Gasteiger partial charge in [0, 0.05) is 25.7 Å². The van der Waals surface area contributed by atoms with E-state index in [1.807, 2.05) is 6.92 Å². The minimum absolute atomic E-state index is 0.178. The van der Waals surface area contributed by atoms with Gasteiger partial charge in [0.2, 0.25) is 0 Å². The van der Waals surface area contributed by atoms with Gasteiger partial charge in [-0.3, -0.25) is 5.43 Å². The van der Waals surface area contributed by atoms with E-state index in [-0.39, 0.29) is 12.1 Å². The molecule has 0 unspecified atom stereocenters. The zero-order chi connectivity index (χ0) is 15.5. The first-order valence-electron chi connectivity index (χ1n) is 7.63. The van der Waals surface area contributed by atoms with Crippen LogP contribution in [-0.4, -0.2) is 44.4 Å². The van der Waals surface area contributed by atoms with Crippen molar-refractivity contribution in [3.8, 4) is 0 Å². The number of urea groups is 2. The molecule has 6 N–H and O–H groups in total. The Morgan fingerprint density at radius 1 is 1.00 bits per heavy atom. The van der Waals surface area contributed by atoms with E-state index in [9.17, 15) is 9.59 Å². The highest BCUT2D eigenvalue weighted by molar-refractivity contribution is 5.74. The third-order valence-electron chi connectivity index (χ3n) is 3.28. The Kier molecular flexibility index (Phi) is 8.53. The number of hydrogen-bond acceptors (Lipinski definition) is 4. The molecule has 1 aliphatic carbocycles. The highest BCUT2D eigenvalue weighted by Gasteiger charge is 2.24. The van der Waals surface area contributed by atoms with Crippen LogP contribution in [0, 0.1) is 5.92 Å². The lowest BCUT2D eigenvalue weighted by Crippen LogP contribution is -2.52. The molecule has 0 aromatic rings. The van der Waals surface area contributed by atoms with Crippen molar-refractivity contribution in [2.75, 3.05) is 26.3 Å². The van der Waals surface area contributed by atoms with Gasteiger partial charge < -0.3 is 21.3 Å². The molecular formula is C13H28N6O2. The van der Waals surface area contributed by atoms with Crippen LogP contribution in [0.5, 0.6) is 0 Å². The summed E-state index contributed by atoms with van der Waals surface area (Å²) in [4.78, 5) is 22.5. The lowest BCUT2D eigenvalue weighted by atomic mass is 9.82. The number of amides is 4. The lowest BCUT2D eigenvalue weighted by Gasteiger charge is -2.33. The number of carbonyl (C=O) groups is 2. The molecule has 0 atom stereocenters. The molecule has 122 valence electrons. The molecule has 8 heteroatoms. The third kappa shape index (κ3) is 8.36. The van der Waals surface area contributed by atoms with Crippen LogP contribution >= 0.6 is 0 Å². The van der Waals surface area contributed by atoms with Crippen molar-refractivity contribution in [1.29, 1.82) is 0 Å². The van der Waals surface area contributed by atoms with E-state index in [4.69, 9.17) is 0 Å². The highest BCUT2D eigenvalue weighted by atomic mass is 16.2. The fourth-order valence-corrected chi connectivity index (χ4v) is 2.12. The standard InChI is InChI=1S/C13H28N6O2/c1-3-14-12(20)15-5-4-6-16-13(21)17-9-18-19-11-7-10(2)8-11/h10-11,18-19H,3-9H2,1-2H3,(H2,14,15,20)(H2,16,17,21). The molecule has 0 saturated heterocycles. The maximum absolute atomic E-state index is 11.4. The van der Waals surface area contributed by atoms with Gasteiger partial charge >= 0.3 is 12.1 Å². The van der Waals surface area contributed by atoms with E-state index in [0.717, 1.165) is 5.92 Å². The van der Waals surface area contributed by atoms with Gasteiger partial charge in [0.05, 0.1) is 6.67 Å². The molecule has 0 radical (unpaired) electrons. The zero-order valence-corrected chi connectivity index (χ0v) is 12.9. The fourth-order valence-electron chi connectivity index (χ4n) is 2.12. The van der Waals surface area contributed by atoms with Gasteiger partial charge in [0.25, 0.3) is 0 Å².